The van der Waals surface area contributed by atoms with Crippen molar-refractivity contribution in [2.45, 2.75) is 6.42 Å². The lowest BCUT2D eigenvalue weighted by atomic mass is 10.3. The highest BCUT2D eigenvalue weighted by atomic mass is 35.5. The Morgan fingerprint density at radius 2 is 2.15 bits per heavy atom. The number of H-pyrrole nitrogens is 1. The van der Waals surface area contributed by atoms with Crippen LogP contribution in [0.15, 0.2) is 11.1 Å². The average Bonchev–Trinajstić information content (AvgIpc) is 2.48. The number of carbonyl (C=O) groups excluding carboxylic acids is 1. The fourth-order valence-corrected chi connectivity index (χ4v) is 2.35. The predicted molar refractivity (Wildman–Crippen MR) is 75.2 cm³/mol. The Bertz CT molecular complexity index is 526. The number of halogens is 1. The summed E-state index contributed by atoms with van der Waals surface area (Å²) in [5.41, 5.74) is -0.329. The zero-order valence-electron chi connectivity index (χ0n) is 11.3. The van der Waals surface area contributed by atoms with E-state index in [9.17, 15) is 9.59 Å². The molecule has 1 N–H and O–H groups in total. The number of aromatic amines is 1. The van der Waals surface area contributed by atoms with Crippen molar-refractivity contribution in [3.05, 3.63) is 21.7 Å². The number of methoxy groups -OCH3 is 1. The van der Waals surface area contributed by atoms with Gasteiger partial charge in [0.05, 0.1) is 19.9 Å². The first-order chi connectivity index (χ1) is 9.61. The molecule has 1 fully saturated rings. The van der Waals surface area contributed by atoms with Crippen LogP contribution in [0.25, 0.3) is 0 Å². The second-order valence-corrected chi connectivity index (χ2v) is 4.90. The van der Waals surface area contributed by atoms with E-state index in [0.29, 0.717) is 18.8 Å². The van der Waals surface area contributed by atoms with Crippen LogP contribution in [-0.4, -0.2) is 60.7 Å². The third kappa shape index (κ3) is 3.49. The number of nitrogens with one attached hydrogen (secondary N) is 1. The van der Waals surface area contributed by atoms with Gasteiger partial charge in [-0.25, -0.2) is 4.98 Å². The molecular weight excluding hydrogens is 284 g/mol. The predicted octanol–water partition coefficient (Wildman–Crippen LogP) is 0.108. The summed E-state index contributed by atoms with van der Waals surface area (Å²) in [7, 11) is 1.39. The third-order valence-electron chi connectivity index (χ3n) is 3.31. The summed E-state index contributed by atoms with van der Waals surface area (Å²) < 4.78 is 4.62. The highest BCUT2D eigenvalue weighted by molar-refractivity contribution is 6.32. The number of ether oxygens (including phenoxy) is 1. The molecule has 1 saturated heterocycles. The average molecular weight is 301 g/mol. The van der Waals surface area contributed by atoms with Gasteiger partial charge in [0.2, 0.25) is 0 Å². The van der Waals surface area contributed by atoms with Crippen molar-refractivity contribution in [2.24, 2.45) is 0 Å². The van der Waals surface area contributed by atoms with Crippen molar-refractivity contribution >= 4 is 23.4 Å². The summed E-state index contributed by atoms with van der Waals surface area (Å²) in [6, 6.07) is 0. The Labute approximate surface area is 121 Å². The number of carbonyl (C=O) groups is 1. The molecule has 20 heavy (non-hydrogen) atoms. The van der Waals surface area contributed by atoms with Gasteiger partial charge in [-0.3, -0.25) is 14.5 Å². The molecule has 0 bridgehead atoms. The third-order valence-corrected chi connectivity index (χ3v) is 3.65. The van der Waals surface area contributed by atoms with Crippen molar-refractivity contribution < 1.29 is 9.53 Å². The minimum Gasteiger partial charge on any atom is -0.469 e. The highest BCUT2D eigenvalue weighted by Crippen LogP contribution is 2.19. The number of hydrogen-bond donors (Lipinski definition) is 1. The first-order valence-corrected chi connectivity index (χ1v) is 6.77. The second-order valence-electron chi connectivity index (χ2n) is 4.52. The summed E-state index contributed by atoms with van der Waals surface area (Å²) in [6.07, 6.45) is 1.74. The molecule has 8 heteroatoms. The van der Waals surface area contributed by atoms with E-state index in [1.54, 1.807) is 0 Å². The Balaban J connectivity index is 1.89. The zero-order valence-corrected chi connectivity index (χ0v) is 12.0. The molecule has 0 spiro atoms. The first kappa shape index (κ1) is 14.8. The van der Waals surface area contributed by atoms with E-state index in [1.807, 2.05) is 4.90 Å². The fourth-order valence-electron chi connectivity index (χ4n) is 2.13. The molecule has 0 saturated carbocycles. The van der Waals surface area contributed by atoms with E-state index in [1.165, 1.54) is 13.4 Å². The Morgan fingerprint density at radius 1 is 1.45 bits per heavy atom. The van der Waals surface area contributed by atoms with Crippen LogP contribution in [0.3, 0.4) is 0 Å². The van der Waals surface area contributed by atoms with E-state index in [2.05, 4.69) is 19.6 Å². The Morgan fingerprint density at radius 3 is 2.80 bits per heavy atom. The van der Waals surface area contributed by atoms with Gasteiger partial charge in [0.25, 0.3) is 5.56 Å². The summed E-state index contributed by atoms with van der Waals surface area (Å²) >= 11 is 5.96. The summed E-state index contributed by atoms with van der Waals surface area (Å²) in [5.74, 6) is 0.315. The van der Waals surface area contributed by atoms with Gasteiger partial charge in [-0.05, 0) is 0 Å². The van der Waals surface area contributed by atoms with Crippen LogP contribution in [-0.2, 0) is 9.53 Å². The molecule has 0 aliphatic carbocycles. The zero-order chi connectivity index (χ0) is 14.5. The maximum Gasteiger partial charge on any atom is 0.306 e. The molecule has 0 amide bonds. The van der Waals surface area contributed by atoms with Crippen LogP contribution < -0.4 is 10.5 Å². The van der Waals surface area contributed by atoms with E-state index >= 15 is 0 Å². The lowest BCUT2D eigenvalue weighted by Gasteiger charge is -2.35. The normalized spacial score (nSPS) is 16.2. The topological polar surface area (TPSA) is 78.5 Å². The van der Waals surface area contributed by atoms with Crippen LogP contribution in [0, 0.1) is 0 Å². The molecular formula is C12H17ClN4O3. The van der Waals surface area contributed by atoms with Crippen molar-refractivity contribution in [3.63, 3.8) is 0 Å². The maximum absolute atomic E-state index is 11.4. The molecule has 1 aliphatic rings. The number of hydrogen-bond acceptors (Lipinski definition) is 6. The molecule has 1 aromatic heterocycles. The Kier molecular flexibility index (Phi) is 4.97. The monoisotopic (exact) mass is 300 g/mol. The van der Waals surface area contributed by atoms with Crippen molar-refractivity contribution in [1.82, 2.24) is 14.9 Å². The van der Waals surface area contributed by atoms with Crippen LogP contribution in [0.2, 0.25) is 5.02 Å². The number of aromatic nitrogens is 2. The Hall–Kier alpha value is -1.60. The number of piperazine rings is 1. The van der Waals surface area contributed by atoms with Gasteiger partial charge in [-0.1, -0.05) is 11.6 Å². The van der Waals surface area contributed by atoms with Crippen LogP contribution in [0.1, 0.15) is 6.42 Å². The fraction of sp³-hybridized carbons (Fsp3) is 0.583. The summed E-state index contributed by atoms with van der Waals surface area (Å²) in [4.78, 5) is 33.3. The minimum absolute atomic E-state index is 0.121. The molecule has 1 aliphatic heterocycles. The van der Waals surface area contributed by atoms with Gasteiger partial charge in [0.15, 0.2) is 5.82 Å². The molecule has 7 nitrogen and oxygen atoms in total. The van der Waals surface area contributed by atoms with Crippen molar-refractivity contribution in [2.75, 3.05) is 44.7 Å². The molecule has 2 heterocycles. The van der Waals surface area contributed by atoms with Gasteiger partial charge in [0, 0.05) is 32.7 Å². The summed E-state index contributed by atoms with van der Waals surface area (Å²) in [5, 5.41) is 0.121. The van der Waals surface area contributed by atoms with Crippen LogP contribution in [0.5, 0.6) is 0 Å². The minimum atomic E-state index is -0.329. The van der Waals surface area contributed by atoms with Gasteiger partial charge in [-0.2, -0.15) is 0 Å². The van der Waals surface area contributed by atoms with E-state index in [4.69, 9.17) is 11.6 Å². The number of rotatable bonds is 4. The number of nitrogens with zero attached hydrogens (tertiary/aromatic N) is 3. The maximum atomic E-state index is 11.4. The molecule has 110 valence electrons. The molecule has 2 rings (SSSR count). The van der Waals surface area contributed by atoms with Gasteiger partial charge in [-0.15, -0.1) is 0 Å². The molecule has 0 radical (unpaired) electrons. The van der Waals surface area contributed by atoms with Crippen molar-refractivity contribution in [3.8, 4) is 0 Å². The largest absolute Gasteiger partial charge is 0.469 e. The first-order valence-electron chi connectivity index (χ1n) is 6.39. The standard InChI is InChI=1S/C12H17ClN4O3/c1-20-9(18)2-3-16-4-6-17(7-5-16)11-10(13)12(19)15-8-14-11/h8H,2-7H2,1H3,(H,14,15,19). The van der Waals surface area contributed by atoms with Gasteiger partial charge in [0.1, 0.15) is 5.02 Å². The lowest BCUT2D eigenvalue weighted by molar-refractivity contribution is -0.141. The number of esters is 1. The molecule has 0 unspecified atom stereocenters. The lowest BCUT2D eigenvalue weighted by Crippen LogP contribution is -2.47. The molecule has 0 aromatic carbocycles. The van der Waals surface area contributed by atoms with Gasteiger partial charge < -0.3 is 14.6 Å². The molecule has 1 aromatic rings. The summed E-state index contributed by atoms with van der Waals surface area (Å²) in [6.45, 7) is 3.70. The van der Waals surface area contributed by atoms with Crippen LogP contribution in [0.4, 0.5) is 5.82 Å². The highest BCUT2D eigenvalue weighted by Gasteiger charge is 2.21. The second kappa shape index (κ2) is 6.71. The van der Waals surface area contributed by atoms with Crippen LogP contribution >= 0.6 is 11.6 Å². The van der Waals surface area contributed by atoms with E-state index < -0.39 is 0 Å². The quantitative estimate of drug-likeness (QED) is 0.795. The number of anilines is 1. The smallest absolute Gasteiger partial charge is 0.306 e. The van der Waals surface area contributed by atoms with Crippen molar-refractivity contribution in [1.29, 1.82) is 0 Å². The van der Waals surface area contributed by atoms with Gasteiger partial charge >= 0.3 is 5.97 Å². The SMILES string of the molecule is COC(=O)CCN1CCN(c2nc[nH]c(=O)c2Cl)CC1. The van der Waals surface area contributed by atoms with E-state index in [0.717, 1.165) is 26.2 Å². The van der Waals surface area contributed by atoms with E-state index in [-0.39, 0.29) is 16.6 Å². The molecule has 0 atom stereocenters.